The average molecular weight is 473 g/mol. The first-order valence-corrected chi connectivity index (χ1v) is 11.6. The maximum absolute atomic E-state index is 13.9. The molecule has 182 valence electrons. The van der Waals surface area contributed by atoms with Crippen molar-refractivity contribution in [3.8, 4) is 0 Å². The maximum Gasteiger partial charge on any atom is 0.309 e. The lowest BCUT2D eigenvalue weighted by atomic mass is 9.96. The van der Waals surface area contributed by atoms with Crippen LogP contribution in [0.25, 0.3) is 0 Å². The van der Waals surface area contributed by atoms with Crippen molar-refractivity contribution in [2.75, 3.05) is 13.1 Å². The van der Waals surface area contributed by atoms with E-state index in [1.54, 1.807) is 0 Å². The van der Waals surface area contributed by atoms with Gasteiger partial charge >= 0.3 is 5.97 Å². The normalized spacial score (nSPS) is 15.9. The summed E-state index contributed by atoms with van der Waals surface area (Å²) in [6.45, 7) is 4.05. The number of carbonyl (C=O) groups excluding carboxylic acids is 3. The number of nitrogens with zero attached hydrogens (tertiary/aromatic N) is 1. The molecular formula is C26H30F2N2O4. The van der Waals surface area contributed by atoms with Crippen LogP contribution in [0.3, 0.4) is 0 Å². The number of hydrogen-bond acceptors (Lipinski definition) is 4. The van der Waals surface area contributed by atoms with E-state index < -0.39 is 35.5 Å². The Morgan fingerprint density at radius 1 is 1.09 bits per heavy atom. The number of amides is 2. The van der Waals surface area contributed by atoms with Crippen LogP contribution in [-0.2, 0) is 14.3 Å². The molecule has 0 bridgehead atoms. The summed E-state index contributed by atoms with van der Waals surface area (Å²) in [6.07, 6.45) is 1.36. The molecule has 3 rings (SSSR count). The van der Waals surface area contributed by atoms with Crippen molar-refractivity contribution in [1.29, 1.82) is 0 Å². The van der Waals surface area contributed by atoms with E-state index in [2.05, 4.69) is 5.32 Å². The maximum atomic E-state index is 13.9. The van der Waals surface area contributed by atoms with Crippen LogP contribution in [-0.4, -0.2) is 41.9 Å². The van der Waals surface area contributed by atoms with Gasteiger partial charge in [0, 0.05) is 19.2 Å². The molecule has 2 aromatic rings. The first-order valence-electron chi connectivity index (χ1n) is 11.6. The van der Waals surface area contributed by atoms with E-state index >= 15 is 0 Å². The van der Waals surface area contributed by atoms with E-state index in [-0.39, 0.29) is 30.6 Å². The summed E-state index contributed by atoms with van der Waals surface area (Å²) in [5.41, 5.74) is 0.790. The predicted molar refractivity (Wildman–Crippen MR) is 123 cm³/mol. The van der Waals surface area contributed by atoms with Crippen molar-refractivity contribution >= 4 is 17.8 Å². The van der Waals surface area contributed by atoms with Gasteiger partial charge in [-0.2, -0.15) is 0 Å². The SMILES string of the molecule is CCCC(NC(=O)C(C)OC(=O)C1CCN(C(=O)c2ccc(F)cc2F)CC1)c1ccccc1. The number of esters is 1. The van der Waals surface area contributed by atoms with Gasteiger partial charge < -0.3 is 15.0 Å². The van der Waals surface area contributed by atoms with Gasteiger partial charge in [-0.25, -0.2) is 8.78 Å². The van der Waals surface area contributed by atoms with Gasteiger partial charge in [-0.15, -0.1) is 0 Å². The molecule has 2 unspecified atom stereocenters. The predicted octanol–water partition coefficient (Wildman–Crippen LogP) is 4.41. The van der Waals surface area contributed by atoms with Crippen molar-refractivity contribution in [1.82, 2.24) is 10.2 Å². The van der Waals surface area contributed by atoms with Crippen LogP contribution in [0.1, 0.15) is 61.5 Å². The summed E-state index contributed by atoms with van der Waals surface area (Å²) in [5, 5.41) is 2.96. The molecule has 2 atom stereocenters. The third-order valence-electron chi connectivity index (χ3n) is 6.03. The molecule has 0 saturated carbocycles. The van der Waals surface area contributed by atoms with Crippen molar-refractivity contribution in [3.63, 3.8) is 0 Å². The number of nitrogens with one attached hydrogen (secondary N) is 1. The third-order valence-corrected chi connectivity index (χ3v) is 6.03. The van der Waals surface area contributed by atoms with Crippen molar-refractivity contribution in [2.45, 2.75) is 51.7 Å². The quantitative estimate of drug-likeness (QED) is 0.578. The third kappa shape index (κ3) is 6.40. The molecule has 2 aromatic carbocycles. The first kappa shape index (κ1) is 25.3. The molecule has 1 N–H and O–H groups in total. The summed E-state index contributed by atoms with van der Waals surface area (Å²) in [6, 6.07) is 12.3. The number of halogens is 2. The fourth-order valence-corrected chi connectivity index (χ4v) is 4.06. The topological polar surface area (TPSA) is 75.7 Å². The lowest BCUT2D eigenvalue weighted by Crippen LogP contribution is -2.43. The van der Waals surface area contributed by atoms with Gasteiger partial charge in [-0.05, 0) is 43.9 Å². The highest BCUT2D eigenvalue weighted by molar-refractivity contribution is 5.94. The zero-order valence-electron chi connectivity index (χ0n) is 19.4. The number of carbonyl (C=O) groups is 3. The highest BCUT2D eigenvalue weighted by Crippen LogP contribution is 2.23. The zero-order chi connectivity index (χ0) is 24.7. The van der Waals surface area contributed by atoms with E-state index in [0.29, 0.717) is 18.9 Å². The number of likely N-dealkylation sites (tertiary alicyclic amines) is 1. The average Bonchev–Trinajstić information content (AvgIpc) is 2.84. The molecule has 1 aliphatic heterocycles. The Morgan fingerprint density at radius 3 is 2.38 bits per heavy atom. The Morgan fingerprint density at radius 2 is 1.76 bits per heavy atom. The summed E-state index contributed by atoms with van der Waals surface area (Å²) < 4.78 is 32.5. The highest BCUT2D eigenvalue weighted by atomic mass is 19.1. The molecule has 6 nitrogen and oxygen atoms in total. The Balaban J connectivity index is 1.51. The molecule has 1 fully saturated rings. The van der Waals surface area contributed by atoms with Gasteiger partial charge in [-0.1, -0.05) is 43.7 Å². The van der Waals surface area contributed by atoms with Gasteiger partial charge in [0.05, 0.1) is 17.5 Å². The Labute approximate surface area is 198 Å². The van der Waals surface area contributed by atoms with Crippen LogP contribution in [0.2, 0.25) is 0 Å². The largest absolute Gasteiger partial charge is 0.452 e. The van der Waals surface area contributed by atoms with E-state index in [9.17, 15) is 23.2 Å². The van der Waals surface area contributed by atoms with Gasteiger partial charge in [0.1, 0.15) is 11.6 Å². The number of ether oxygens (including phenoxy) is 1. The number of rotatable bonds is 8. The van der Waals surface area contributed by atoms with Gasteiger partial charge in [0.2, 0.25) is 0 Å². The number of hydrogen-bond donors (Lipinski definition) is 1. The molecule has 8 heteroatoms. The fraction of sp³-hybridized carbons (Fsp3) is 0.423. The molecule has 0 radical (unpaired) electrons. The minimum atomic E-state index is -0.955. The van der Waals surface area contributed by atoms with Gasteiger partial charge in [0.15, 0.2) is 6.10 Å². The summed E-state index contributed by atoms with van der Waals surface area (Å²) in [7, 11) is 0. The fourth-order valence-electron chi connectivity index (χ4n) is 4.06. The Hall–Kier alpha value is -3.29. The molecule has 0 spiro atoms. The molecule has 34 heavy (non-hydrogen) atoms. The van der Waals surface area contributed by atoms with Gasteiger partial charge in [-0.3, -0.25) is 14.4 Å². The van der Waals surface area contributed by atoms with Crippen LogP contribution in [0.15, 0.2) is 48.5 Å². The molecule has 1 saturated heterocycles. The zero-order valence-corrected chi connectivity index (χ0v) is 19.4. The second kappa shape index (κ2) is 11.7. The smallest absolute Gasteiger partial charge is 0.309 e. The van der Waals surface area contributed by atoms with Crippen LogP contribution in [0.4, 0.5) is 8.78 Å². The first-order chi connectivity index (χ1) is 16.3. The highest BCUT2D eigenvalue weighted by Gasteiger charge is 2.32. The number of benzene rings is 2. The van der Waals surface area contributed by atoms with Crippen molar-refractivity contribution in [2.24, 2.45) is 5.92 Å². The minimum absolute atomic E-state index is 0.166. The second-order valence-corrected chi connectivity index (χ2v) is 8.53. The van der Waals surface area contributed by atoms with Crippen molar-refractivity contribution in [3.05, 3.63) is 71.3 Å². The summed E-state index contributed by atoms with van der Waals surface area (Å²) >= 11 is 0. The van der Waals surface area contributed by atoms with Crippen LogP contribution < -0.4 is 5.32 Å². The standard InChI is InChI=1S/C26H30F2N2O4/c1-3-7-23(18-8-5-4-6-9-18)29-24(31)17(2)34-26(33)19-12-14-30(15-13-19)25(32)21-11-10-20(27)16-22(21)28/h4-6,8-11,16-17,19,23H,3,7,12-15H2,1-2H3,(H,29,31). The van der Waals surface area contributed by atoms with E-state index in [1.807, 2.05) is 37.3 Å². The van der Waals surface area contributed by atoms with E-state index in [1.165, 1.54) is 11.8 Å². The van der Waals surface area contributed by atoms with Crippen LogP contribution >= 0.6 is 0 Å². The van der Waals surface area contributed by atoms with E-state index in [4.69, 9.17) is 4.74 Å². The van der Waals surface area contributed by atoms with Crippen LogP contribution in [0.5, 0.6) is 0 Å². The Bertz CT molecular complexity index is 1010. The Kier molecular flexibility index (Phi) is 8.73. The van der Waals surface area contributed by atoms with Crippen molar-refractivity contribution < 1.29 is 27.9 Å². The minimum Gasteiger partial charge on any atom is -0.452 e. The summed E-state index contributed by atoms with van der Waals surface area (Å²) in [4.78, 5) is 39.3. The molecule has 2 amide bonds. The molecule has 1 heterocycles. The number of piperidine rings is 1. The monoisotopic (exact) mass is 472 g/mol. The molecule has 1 aliphatic rings. The summed E-state index contributed by atoms with van der Waals surface area (Å²) in [5.74, 6) is -3.52. The molecule has 0 aliphatic carbocycles. The lowest BCUT2D eigenvalue weighted by molar-refractivity contribution is -0.160. The van der Waals surface area contributed by atoms with E-state index in [0.717, 1.165) is 30.5 Å². The second-order valence-electron chi connectivity index (χ2n) is 8.53. The molecule has 0 aromatic heterocycles. The van der Waals surface area contributed by atoms with Gasteiger partial charge in [0.25, 0.3) is 11.8 Å². The lowest BCUT2D eigenvalue weighted by Gasteiger charge is -2.31. The molecular weight excluding hydrogens is 442 g/mol. The van der Waals surface area contributed by atoms with Crippen LogP contribution in [0, 0.1) is 17.6 Å².